The van der Waals surface area contributed by atoms with E-state index in [-0.39, 0.29) is 17.7 Å². The molecule has 0 heterocycles. The first-order valence-corrected chi connectivity index (χ1v) is 6.66. The summed E-state index contributed by atoms with van der Waals surface area (Å²) in [4.78, 5) is 22.5. The number of ketones is 1. The highest BCUT2D eigenvalue weighted by atomic mass is 16.5. The number of carbonyl (C=O) groups excluding carboxylic acids is 2. The second-order valence-electron chi connectivity index (χ2n) is 4.82. The molecule has 0 fully saturated rings. The molecule has 3 heteroatoms. The molecule has 0 rings (SSSR count). The molecule has 17 heavy (non-hydrogen) atoms. The zero-order valence-electron chi connectivity index (χ0n) is 11.6. The fourth-order valence-electron chi connectivity index (χ4n) is 2.01. The summed E-state index contributed by atoms with van der Waals surface area (Å²) in [7, 11) is 0. The average molecular weight is 242 g/mol. The summed E-state index contributed by atoms with van der Waals surface area (Å²) in [6.45, 7) is 8.07. The van der Waals surface area contributed by atoms with E-state index in [9.17, 15) is 9.59 Å². The summed E-state index contributed by atoms with van der Waals surface area (Å²) in [5.74, 6) is 0.632. The first kappa shape index (κ1) is 16.1. The Bertz CT molecular complexity index is 236. The van der Waals surface area contributed by atoms with Crippen LogP contribution < -0.4 is 0 Å². The number of hydrogen-bond acceptors (Lipinski definition) is 3. The summed E-state index contributed by atoms with van der Waals surface area (Å²) in [6, 6.07) is 0. The zero-order chi connectivity index (χ0) is 13.3. The van der Waals surface area contributed by atoms with Crippen molar-refractivity contribution in [1.82, 2.24) is 0 Å². The molecule has 0 amide bonds. The summed E-state index contributed by atoms with van der Waals surface area (Å²) in [5, 5.41) is 0. The monoisotopic (exact) mass is 242 g/mol. The standard InChI is InChI=1S/C14H26O3/c1-5-7-11(3)13(10-17-12(4)15)9-14(16)8-6-2/h11,13H,5-10H2,1-4H3. The highest BCUT2D eigenvalue weighted by Crippen LogP contribution is 2.22. The van der Waals surface area contributed by atoms with Gasteiger partial charge < -0.3 is 4.74 Å². The molecule has 0 radical (unpaired) electrons. The van der Waals surface area contributed by atoms with E-state index in [1.54, 1.807) is 0 Å². The molecule has 100 valence electrons. The Morgan fingerprint density at radius 1 is 1.18 bits per heavy atom. The van der Waals surface area contributed by atoms with Gasteiger partial charge in [-0.2, -0.15) is 0 Å². The predicted octanol–water partition coefficient (Wildman–Crippen LogP) is 3.36. The van der Waals surface area contributed by atoms with E-state index >= 15 is 0 Å². The van der Waals surface area contributed by atoms with Crippen molar-refractivity contribution >= 4 is 11.8 Å². The third kappa shape index (κ3) is 7.94. The second-order valence-corrected chi connectivity index (χ2v) is 4.82. The SMILES string of the molecule is CCCC(=O)CC(COC(C)=O)C(C)CCC. The van der Waals surface area contributed by atoms with Crippen molar-refractivity contribution in [2.45, 2.75) is 59.8 Å². The Morgan fingerprint density at radius 2 is 1.82 bits per heavy atom. The lowest BCUT2D eigenvalue weighted by Crippen LogP contribution is -2.22. The highest BCUT2D eigenvalue weighted by molar-refractivity contribution is 5.78. The maximum absolute atomic E-state index is 11.7. The summed E-state index contributed by atoms with van der Waals surface area (Å²) >= 11 is 0. The smallest absolute Gasteiger partial charge is 0.302 e. The molecule has 0 aliphatic carbocycles. The van der Waals surface area contributed by atoms with Crippen LogP contribution in [0.5, 0.6) is 0 Å². The van der Waals surface area contributed by atoms with Crippen LogP contribution in [0.1, 0.15) is 59.8 Å². The maximum Gasteiger partial charge on any atom is 0.302 e. The fraction of sp³-hybridized carbons (Fsp3) is 0.857. The van der Waals surface area contributed by atoms with Crippen LogP contribution in [0.2, 0.25) is 0 Å². The molecule has 0 aromatic heterocycles. The summed E-state index contributed by atoms with van der Waals surface area (Å²) < 4.78 is 5.06. The van der Waals surface area contributed by atoms with E-state index < -0.39 is 0 Å². The molecule has 2 unspecified atom stereocenters. The summed E-state index contributed by atoms with van der Waals surface area (Å²) in [6.07, 6.45) is 4.24. The number of ether oxygens (including phenoxy) is 1. The van der Waals surface area contributed by atoms with Crippen LogP contribution in [0.3, 0.4) is 0 Å². The van der Waals surface area contributed by atoms with E-state index in [1.165, 1.54) is 6.92 Å². The number of carbonyl (C=O) groups is 2. The first-order chi connectivity index (χ1) is 8.01. The third-order valence-corrected chi connectivity index (χ3v) is 3.07. The van der Waals surface area contributed by atoms with Gasteiger partial charge in [-0.05, 0) is 12.3 Å². The minimum atomic E-state index is -0.262. The van der Waals surface area contributed by atoms with Crippen molar-refractivity contribution < 1.29 is 14.3 Å². The van der Waals surface area contributed by atoms with Crippen LogP contribution >= 0.6 is 0 Å². The second kappa shape index (κ2) is 9.20. The van der Waals surface area contributed by atoms with Gasteiger partial charge in [-0.15, -0.1) is 0 Å². The molecule has 0 N–H and O–H groups in total. The molecular weight excluding hydrogens is 216 g/mol. The van der Waals surface area contributed by atoms with Gasteiger partial charge in [0, 0.05) is 25.7 Å². The van der Waals surface area contributed by atoms with Crippen LogP contribution in [0.25, 0.3) is 0 Å². The Hall–Kier alpha value is -0.860. The van der Waals surface area contributed by atoms with Crippen molar-refractivity contribution in [3.8, 4) is 0 Å². The van der Waals surface area contributed by atoms with Gasteiger partial charge in [0.1, 0.15) is 5.78 Å². The molecule has 0 aromatic carbocycles. The molecular formula is C14H26O3. The van der Waals surface area contributed by atoms with Crippen molar-refractivity contribution in [3.63, 3.8) is 0 Å². The average Bonchev–Trinajstić information content (AvgIpc) is 2.24. The van der Waals surface area contributed by atoms with Crippen LogP contribution in [0, 0.1) is 11.8 Å². The summed E-state index contributed by atoms with van der Waals surface area (Å²) in [5.41, 5.74) is 0. The molecule has 3 nitrogen and oxygen atoms in total. The lowest BCUT2D eigenvalue weighted by atomic mass is 9.86. The lowest BCUT2D eigenvalue weighted by Gasteiger charge is -2.22. The molecule has 0 spiro atoms. The van der Waals surface area contributed by atoms with Crippen LogP contribution in [-0.4, -0.2) is 18.4 Å². The van der Waals surface area contributed by atoms with E-state index in [0.29, 0.717) is 25.4 Å². The number of Topliss-reactive ketones (excluding diaryl/α,β-unsaturated/α-hetero) is 1. The predicted molar refractivity (Wildman–Crippen MR) is 68.7 cm³/mol. The Morgan fingerprint density at radius 3 is 2.29 bits per heavy atom. The van der Waals surface area contributed by atoms with E-state index in [1.807, 2.05) is 6.92 Å². The zero-order valence-corrected chi connectivity index (χ0v) is 11.6. The number of hydrogen-bond donors (Lipinski definition) is 0. The minimum absolute atomic E-state index is 0.179. The number of esters is 1. The normalized spacial score (nSPS) is 14.1. The third-order valence-electron chi connectivity index (χ3n) is 3.07. The van der Waals surface area contributed by atoms with E-state index in [0.717, 1.165) is 19.3 Å². The molecule has 0 aromatic rings. The van der Waals surface area contributed by atoms with Gasteiger partial charge in [0.15, 0.2) is 0 Å². The Balaban J connectivity index is 4.27. The van der Waals surface area contributed by atoms with Gasteiger partial charge >= 0.3 is 5.97 Å². The van der Waals surface area contributed by atoms with Gasteiger partial charge in [0.05, 0.1) is 6.61 Å². The lowest BCUT2D eigenvalue weighted by molar-refractivity contribution is -0.143. The Labute approximate surface area is 105 Å². The van der Waals surface area contributed by atoms with Crippen molar-refractivity contribution in [3.05, 3.63) is 0 Å². The number of rotatable bonds is 9. The molecule has 0 saturated heterocycles. The molecule has 0 aliphatic rings. The van der Waals surface area contributed by atoms with Crippen molar-refractivity contribution in [1.29, 1.82) is 0 Å². The van der Waals surface area contributed by atoms with Gasteiger partial charge in [-0.25, -0.2) is 0 Å². The van der Waals surface area contributed by atoms with Crippen LogP contribution in [0.15, 0.2) is 0 Å². The van der Waals surface area contributed by atoms with Crippen LogP contribution in [0.4, 0.5) is 0 Å². The van der Waals surface area contributed by atoms with E-state index in [2.05, 4.69) is 13.8 Å². The highest BCUT2D eigenvalue weighted by Gasteiger charge is 2.21. The van der Waals surface area contributed by atoms with Gasteiger partial charge in [-0.3, -0.25) is 9.59 Å². The molecule has 0 aliphatic heterocycles. The largest absolute Gasteiger partial charge is 0.466 e. The van der Waals surface area contributed by atoms with E-state index in [4.69, 9.17) is 4.74 Å². The quantitative estimate of drug-likeness (QED) is 0.582. The van der Waals surface area contributed by atoms with Gasteiger partial charge in [0.2, 0.25) is 0 Å². The first-order valence-electron chi connectivity index (χ1n) is 6.66. The Kier molecular flexibility index (Phi) is 8.73. The van der Waals surface area contributed by atoms with Crippen molar-refractivity contribution in [2.24, 2.45) is 11.8 Å². The van der Waals surface area contributed by atoms with Crippen molar-refractivity contribution in [2.75, 3.05) is 6.61 Å². The topological polar surface area (TPSA) is 43.4 Å². The van der Waals surface area contributed by atoms with Gasteiger partial charge in [0.25, 0.3) is 0 Å². The van der Waals surface area contributed by atoms with Crippen LogP contribution in [-0.2, 0) is 14.3 Å². The fourth-order valence-corrected chi connectivity index (χ4v) is 2.01. The molecule has 2 atom stereocenters. The molecule has 0 saturated carbocycles. The maximum atomic E-state index is 11.7. The van der Waals surface area contributed by atoms with Gasteiger partial charge in [-0.1, -0.05) is 33.6 Å². The minimum Gasteiger partial charge on any atom is -0.466 e. The molecule has 0 bridgehead atoms.